The molecule has 0 nitrogen and oxygen atoms in total. The number of rotatable bonds is 11. The molecule has 0 aliphatic heterocycles. The summed E-state index contributed by atoms with van der Waals surface area (Å²) in [6, 6.07) is 0. The number of unbranched alkanes of at least 4 members (excludes halogenated alkanes) is 3. The lowest BCUT2D eigenvalue weighted by Gasteiger charge is -2.19. The van der Waals surface area contributed by atoms with Crippen molar-refractivity contribution < 1.29 is 0 Å². The molecule has 0 bridgehead atoms. The van der Waals surface area contributed by atoms with Gasteiger partial charge in [0.15, 0.2) is 0 Å². The molecule has 0 heterocycles. The SMILES string of the molecule is CCCCCCC(C)CCCC(C)C(C)CC. The van der Waals surface area contributed by atoms with E-state index in [1.807, 2.05) is 0 Å². The molecule has 0 heteroatoms. The molecule has 0 rings (SSSR count). The number of hydrogen-bond acceptors (Lipinski definition) is 0. The van der Waals surface area contributed by atoms with Crippen molar-refractivity contribution in [1.82, 2.24) is 0 Å². The van der Waals surface area contributed by atoms with Crippen molar-refractivity contribution >= 4 is 0 Å². The summed E-state index contributed by atoms with van der Waals surface area (Å²) in [6.45, 7) is 11.9. The molecule has 0 aromatic carbocycles. The van der Waals surface area contributed by atoms with Crippen LogP contribution in [0.4, 0.5) is 0 Å². The van der Waals surface area contributed by atoms with E-state index in [2.05, 4.69) is 34.6 Å². The summed E-state index contributed by atoms with van der Waals surface area (Å²) in [4.78, 5) is 0. The maximum Gasteiger partial charge on any atom is -0.0417 e. The Bertz CT molecular complexity index is 150. The molecule has 3 unspecified atom stereocenters. The molecule has 0 N–H and O–H groups in total. The summed E-state index contributed by atoms with van der Waals surface area (Å²) in [5.41, 5.74) is 0. The van der Waals surface area contributed by atoms with Gasteiger partial charge < -0.3 is 0 Å². The van der Waals surface area contributed by atoms with Crippen molar-refractivity contribution in [3.8, 4) is 0 Å². The van der Waals surface area contributed by atoms with Gasteiger partial charge in [-0.05, 0) is 17.8 Å². The Morgan fingerprint density at radius 1 is 0.647 bits per heavy atom. The quantitative estimate of drug-likeness (QED) is 0.364. The smallest absolute Gasteiger partial charge is 0.0417 e. The minimum atomic E-state index is 0.912. The highest BCUT2D eigenvalue weighted by molar-refractivity contribution is 4.62. The molecule has 0 saturated carbocycles. The maximum atomic E-state index is 2.44. The molecular formula is C17H36. The Morgan fingerprint density at radius 3 is 1.88 bits per heavy atom. The van der Waals surface area contributed by atoms with Gasteiger partial charge >= 0.3 is 0 Å². The van der Waals surface area contributed by atoms with E-state index in [1.165, 1.54) is 57.8 Å². The summed E-state index contributed by atoms with van der Waals surface area (Å²) < 4.78 is 0. The van der Waals surface area contributed by atoms with Crippen LogP contribution in [0.15, 0.2) is 0 Å². The number of hydrogen-bond donors (Lipinski definition) is 0. The van der Waals surface area contributed by atoms with Crippen LogP contribution < -0.4 is 0 Å². The van der Waals surface area contributed by atoms with Gasteiger partial charge in [0.1, 0.15) is 0 Å². The normalized spacial score (nSPS) is 16.8. The van der Waals surface area contributed by atoms with Crippen molar-refractivity contribution in [1.29, 1.82) is 0 Å². The first-order valence-corrected chi connectivity index (χ1v) is 8.11. The second kappa shape index (κ2) is 11.1. The molecule has 0 amide bonds. The Morgan fingerprint density at radius 2 is 1.29 bits per heavy atom. The van der Waals surface area contributed by atoms with E-state index < -0.39 is 0 Å². The second-order valence-electron chi connectivity index (χ2n) is 6.25. The highest BCUT2D eigenvalue weighted by Gasteiger charge is 2.10. The first-order chi connectivity index (χ1) is 8.11. The fourth-order valence-electron chi connectivity index (χ4n) is 2.54. The van der Waals surface area contributed by atoms with Gasteiger partial charge in [0.05, 0.1) is 0 Å². The van der Waals surface area contributed by atoms with E-state index in [4.69, 9.17) is 0 Å². The van der Waals surface area contributed by atoms with E-state index in [-0.39, 0.29) is 0 Å². The molecule has 0 aliphatic carbocycles. The van der Waals surface area contributed by atoms with Gasteiger partial charge in [-0.25, -0.2) is 0 Å². The van der Waals surface area contributed by atoms with Crippen LogP contribution in [0.5, 0.6) is 0 Å². The summed E-state index contributed by atoms with van der Waals surface area (Å²) in [6.07, 6.45) is 12.8. The second-order valence-corrected chi connectivity index (χ2v) is 6.25. The summed E-state index contributed by atoms with van der Waals surface area (Å²) >= 11 is 0. The van der Waals surface area contributed by atoms with Gasteiger partial charge in [0, 0.05) is 0 Å². The van der Waals surface area contributed by atoms with E-state index in [0.717, 1.165) is 17.8 Å². The van der Waals surface area contributed by atoms with E-state index >= 15 is 0 Å². The fraction of sp³-hybridized carbons (Fsp3) is 1.00. The standard InChI is InChI=1S/C17H36/c1-6-8-9-10-12-15(3)13-11-14-17(5)16(4)7-2/h15-17H,6-14H2,1-5H3. The Labute approximate surface area is 111 Å². The van der Waals surface area contributed by atoms with E-state index in [9.17, 15) is 0 Å². The van der Waals surface area contributed by atoms with Gasteiger partial charge in [-0.1, -0.05) is 92.4 Å². The largest absolute Gasteiger partial charge is 0.0654 e. The Hall–Kier alpha value is 0. The summed E-state index contributed by atoms with van der Waals surface area (Å²) in [7, 11) is 0. The van der Waals surface area contributed by atoms with Crippen molar-refractivity contribution in [2.45, 2.75) is 92.4 Å². The zero-order chi connectivity index (χ0) is 13.1. The van der Waals surface area contributed by atoms with Gasteiger partial charge in [0.25, 0.3) is 0 Å². The van der Waals surface area contributed by atoms with Crippen LogP contribution in [0.3, 0.4) is 0 Å². The van der Waals surface area contributed by atoms with Crippen molar-refractivity contribution in [3.05, 3.63) is 0 Å². The molecule has 104 valence electrons. The molecule has 0 spiro atoms. The molecule has 0 saturated heterocycles. The van der Waals surface area contributed by atoms with Gasteiger partial charge in [0.2, 0.25) is 0 Å². The van der Waals surface area contributed by atoms with Crippen LogP contribution in [0.1, 0.15) is 92.4 Å². The average Bonchev–Trinajstić information content (AvgIpc) is 2.33. The Kier molecular flexibility index (Phi) is 11.1. The molecule has 17 heavy (non-hydrogen) atoms. The third-order valence-corrected chi connectivity index (χ3v) is 4.52. The molecule has 0 fully saturated rings. The first kappa shape index (κ1) is 17.0. The molecule has 0 aliphatic rings. The van der Waals surface area contributed by atoms with Gasteiger partial charge in [-0.2, -0.15) is 0 Å². The van der Waals surface area contributed by atoms with Crippen LogP contribution in [0.25, 0.3) is 0 Å². The van der Waals surface area contributed by atoms with Gasteiger partial charge in [-0.3, -0.25) is 0 Å². The van der Waals surface area contributed by atoms with Crippen LogP contribution in [-0.2, 0) is 0 Å². The fourth-order valence-corrected chi connectivity index (χ4v) is 2.54. The van der Waals surface area contributed by atoms with Crippen molar-refractivity contribution in [2.24, 2.45) is 17.8 Å². The average molecular weight is 240 g/mol. The first-order valence-electron chi connectivity index (χ1n) is 8.11. The minimum Gasteiger partial charge on any atom is -0.0654 e. The minimum absolute atomic E-state index is 0.912. The predicted octanol–water partition coefficient (Wildman–Crippen LogP) is 6.45. The van der Waals surface area contributed by atoms with E-state index in [0.29, 0.717) is 0 Å². The summed E-state index contributed by atoms with van der Waals surface area (Å²) in [5.74, 6) is 2.79. The van der Waals surface area contributed by atoms with Crippen LogP contribution in [-0.4, -0.2) is 0 Å². The zero-order valence-electron chi connectivity index (χ0n) is 13.1. The lowest BCUT2D eigenvalue weighted by atomic mass is 9.87. The van der Waals surface area contributed by atoms with Gasteiger partial charge in [-0.15, -0.1) is 0 Å². The lowest BCUT2D eigenvalue weighted by Crippen LogP contribution is -2.07. The van der Waals surface area contributed by atoms with Crippen molar-refractivity contribution in [2.75, 3.05) is 0 Å². The molecule has 0 radical (unpaired) electrons. The highest BCUT2D eigenvalue weighted by Crippen LogP contribution is 2.23. The monoisotopic (exact) mass is 240 g/mol. The zero-order valence-corrected chi connectivity index (χ0v) is 13.1. The highest BCUT2D eigenvalue weighted by atomic mass is 14.2. The Balaban J connectivity index is 3.40. The molecule has 3 atom stereocenters. The maximum absolute atomic E-state index is 2.44. The lowest BCUT2D eigenvalue weighted by molar-refractivity contribution is 0.328. The molecule has 0 aromatic rings. The van der Waals surface area contributed by atoms with Crippen LogP contribution >= 0.6 is 0 Å². The van der Waals surface area contributed by atoms with Crippen molar-refractivity contribution in [3.63, 3.8) is 0 Å². The third kappa shape index (κ3) is 9.68. The van der Waals surface area contributed by atoms with Crippen LogP contribution in [0, 0.1) is 17.8 Å². The predicted molar refractivity (Wildman–Crippen MR) is 80.4 cm³/mol. The summed E-state index contributed by atoms with van der Waals surface area (Å²) in [5, 5.41) is 0. The van der Waals surface area contributed by atoms with Crippen LogP contribution in [0.2, 0.25) is 0 Å². The molecule has 0 aromatic heterocycles. The third-order valence-electron chi connectivity index (χ3n) is 4.52. The van der Waals surface area contributed by atoms with E-state index in [1.54, 1.807) is 0 Å². The molecular weight excluding hydrogens is 204 g/mol. The topological polar surface area (TPSA) is 0 Å².